The molecule has 0 aliphatic rings. The fourth-order valence-electron chi connectivity index (χ4n) is 4.69. The van der Waals surface area contributed by atoms with E-state index in [0.717, 1.165) is 33.6 Å². The number of fused-ring (bicyclic) bond motifs is 1. The minimum Gasteiger partial charge on any atom is -0.481 e. The third-order valence-corrected chi connectivity index (χ3v) is 7.08. The fraction of sp³-hybridized carbons (Fsp3) is 0.152. The van der Waals surface area contributed by atoms with Crippen LogP contribution in [0.5, 0.6) is 0 Å². The Hall–Kier alpha value is -4.62. The monoisotopic (exact) mass is 567 g/mol. The Kier molecular flexibility index (Phi) is 8.36. The summed E-state index contributed by atoms with van der Waals surface area (Å²) < 4.78 is 13.3. The first-order valence-electron chi connectivity index (χ1n) is 13.2. The van der Waals surface area contributed by atoms with Gasteiger partial charge in [-0.2, -0.15) is 0 Å². The van der Waals surface area contributed by atoms with Gasteiger partial charge in [0.05, 0.1) is 34.9 Å². The van der Waals surface area contributed by atoms with Crippen LogP contribution in [0.4, 0.5) is 4.39 Å². The third-order valence-electron chi connectivity index (χ3n) is 6.83. The van der Waals surface area contributed by atoms with Gasteiger partial charge in [0.2, 0.25) is 0 Å². The Morgan fingerprint density at radius 3 is 2.34 bits per heavy atom. The number of aliphatic carboxylic acids is 1. The quantitative estimate of drug-likeness (QED) is 0.200. The first kappa shape index (κ1) is 27.9. The van der Waals surface area contributed by atoms with Crippen LogP contribution in [0.1, 0.15) is 45.7 Å². The molecular formula is C33H27ClFN3O3. The van der Waals surface area contributed by atoms with Crippen LogP contribution < -0.4 is 5.32 Å². The molecule has 0 aliphatic carbocycles. The van der Waals surface area contributed by atoms with Crippen molar-refractivity contribution in [1.29, 1.82) is 0 Å². The summed E-state index contributed by atoms with van der Waals surface area (Å²) in [4.78, 5) is 34.1. The molecule has 5 rings (SSSR count). The summed E-state index contributed by atoms with van der Waals surface area (Å²) >= 11 is 6.12. The van der Waals surface area contributed by atoms with E-state index in [2.05, 4.69) is 5.32 Å². The van der Waals surface area contributed by atoms with Gasteiger partial charge in [-0.05, 0) is 78.9 Å². The van der Waals surface area contributed by atoms with Crippen molar-refractivity contribution in [3.8, 4) is 11.3 Å². The van der Waals surface area contributed by atoms with Gasteiger partial charge in [-0.1, -0.05) is 60.1 Å². The molecule has 0 fully saturated rings. The predicted octanol–water partition coefficient (Wildman–Crippen LogP) is 6.99. The number of nitrogens with one attached hydrogen (secondary N) is 1. The van der Waals surface area contributed by atoms with Crippen molar-refractivity contribution >= 4 is 34.5 Å². The van der Waals surface area contributed by atoms with Gasteiger partial charge >= 0.3 is 5.97 Å². The Bertz CT molecular complexity index is 1720. The summed E-state index contributed by atoms with van der Waals surface area (Å²) in [6, 6.07) is 25.8. The summed E-state index contributed by atoms with van der Waals surface area (Å²) in [5, 5.41) is 12.7. The van der Waals surface area contributed by atoms with Gasteiger partial charge in [-0.25, -0.2) is 14.4 Å². The number of carbonyl (C=O) groups is 2. The molecule has 1 amide bonds. The number of rotatable bonds is 9. The van der Waals surface area contributed by atoms with Crippen LogP contribution in [0, 0.1) is 5.82 Å². The number of carboxylic acids is 1. The lowest BCUT2D eigenvalue weighted by atomic mass is 10.0. The summed E-state index contributed by atoms with van der Waals surface area (Å²) in [5.74, 6) is -1.48. The molecule has 0 saturated heterocycles. The average Bonchev–Trinajstić information content (AvgIpc) is 2.96. The number of aromatic nitrogens is 2. The molecule has 4 aromatic carbocycles. The highest BCUT2D eigenvalue weighted by Gasteiger charge is 2.16. The van der Waals surface area contributed by atoms with Gasteiger partial charge in [0, 0.05) is 16.1 Å². The van der Waals surface area contributed by atoms with E-state index < -0.39 is 5.97 Å². The van der Waals surface area contributed by atoms with E-state index >= 15 is 0 Å². The summed E-state index contributed by atoms with van der Waals surface area (Å²) in [7, 11) is 0. The zero-order chi connectivity index (χ0) is 28.9. The van der Waals surface area contributed by atoms with Crippen LogP contribution in [0.15, 0.2) is 91.0 Å². The molecule has 206 valence electrons. The lowest BCUT2D eigenvalue weighted by Gasteiger charge is -2.15. The van der Waals surface area contributed by atoms with Crippen LogP contribution >= 0.6 is 11.6 Å². The minimum atomic E-state index is -0.875. The zero-order valence-corrected chi connectivity index (χ0v) is 23.0. The molecule has 0 spiro atoms. The topological polar surface area (TPSA) is 92.2 Å². The van der Waals surface area contributed by atoms with E-state index in [0.29, 0.717) is 34.5 Å². The summed E-state index contributed by atoms with van der Waals surface area (Å²) in [6.45, 7) is 1.84. The Balaban J connectivity index is 1.45. The van der Waals surface area contributed by atoms with Gasteiger partial charge in [0.25, 0.3) is 5.91 Å². The first-order chi connectivity index (χ1) is 19.7. The summed E-state index contributed by atoms with van der Waals surface area (Å²) in [6.07, 6.45) is 1.14. The molecule has 0 aliphatic heterocycles. The van der Waals surface area contributed by atoms with E-state index in [1.807, 2.05) is 37.3 Å². The second kappa shape index (κ2) is 12.3. The molecule has 5 aromatic rings. The molecule has 2 N–H and O–H groups in total. The van der Waals surface area contributed by atoms with Crippen molar-refractivity contribution in [3.05, 3.63) is 130 Å². The van der Waals surface area contributed by atoms with Crippen molar-refractivity contribution in [1.82, 2.24) is 15.3 Å². The summed E-state index contributed by atoms with van der Waals surface area (Å²) in [5.41, 5.74) is 6.53. The number of nitrogens with zero attached hydrogens (tertiary/aromatic N) is 2. The van der Waals surface area contributed by atoms with Crippen LogP contribution in [0.25, 0.3) is 22.3 Å². The Labute approximate surface area is 241 Å². The van der Waals surface area contributed by atoms with Crippen LogP contribution in [0.3, 0.4) is 0 Å². The predicted molar refractivity (Wildman–Crippen MR) is 157 cm³/mol. The maximum Gasteiger partial charge on any atom is 0.307 e. The standard InChI is InChI=1S/C33H27ClFN3O3/c1-20(23-8-13-27(35)14-9-23)36-33(41)25-10-16-28-30(19-25)37-29(32(38-28)24-6-11-26(34)12-7-24)15-5-21-3-2-4-22(17-21)18-31(39)40/h2-4,6-14,16-17,19-20H,5,15,18H2,1H3,(H,36,41)(H,39,40). The van der Waals surface area contributed by atoms with E-state index in [1.165, 1.54) is 12.1 Å². The van der Waals surface area contributed by atoms with E-state index in [4.69, 9.17) is 26.7 Å². The van der Waals surface area contributed by atoms with Gasteiger partial charge in [-0.15, -0.1) is 0 Å². The highest BCUT2D eigenvalue weighted by atomic mass is 35.5. The Morgan fingerprint density at radius 1 is 0.878 bits per heavy atom. The largest absolute Gasteiger partial charge is 0.481 e. The molecule has 6 nitrogen and oxygen atoms in total. The number of benzene rings is 4. The number of hydrogen-bond acceptors (Lipinski definition) is 4. The second-order valence-corrected chi connectivity index (χ2v) is 10.3. The highest BCUT2D eigenvalue weighted by Crippen LogP contribution is 2.27. The maximum absolute atomic E-state index is 13.3. The number of hydrogen-bond donors (Lipinski definition) is 2. The lowest BCUT2D eigenvalue weighted by Crippen LogP contribution is -2.26. The molecular weight excluding hydrogens is 541 g/mol. The molecule has 8 heteroatoms. The van der Waals surface area contributed by atoms with E-state index in [-0.39, 0.29) is 24.2 Å². The number of amides is 1. The smallest absolute Gasteiger partial charge is 0.307 e. The van der Waals surface area contributed by atoms with Crippen molar-refractivity contribution in [2.45, 2.75) is 32.2 Å². The average molecular weight is 568 g/mol. The first-order valence-corrected chi connectivity index (χ1v) is 13.6. The molecule has 41 heavy (non-hydrogen) atoms. The molecule has 0 saturated carbocycles. The highest BCUT2D eigenvalue weighted by molar-refractivity contribution is 6.30. The third kappa shape index (κ3) is 6.94. The zero-order valence-electron chi connectivity index (χ0n) is 22.3. The molecule has 0 radical (unpaired) electrons. The molecule has 1 aromatic heterocycles. The molecule has 1 atom stereocenters. The van der Waals surface area contributed by atoms with Gasteiger partial charge < -0.3 is 10.4 Å². The van der Waals surface area contributed by atoms with Crippen LogP contribution in [-0.4, -0.2) is 27.0 Å². The number of aryl methyl sites for hydroxylation is 2. The van der Waals surface area contributed by atoms with Crippen molar-refractivity contribution in [2.75, 3.05) is 0 Å². The number of carbonyl (C=O) groups excluding carboxylic acids is 1. The van der Waals surface area contributed by atoms with Gasteiger partial charge in [-0.3, -0.25) is 9.59 Å². The maximum atomic E-state index is 13.3. The normalized spacial score (nSPS) is 11.8. The van der Waals surface area contributed by atoms with Gasteiger partial charge in [0.15, 0.2) is 0 Å². The van der Waals surface area contributed by atoms with Crippen LogP contribution in [-0.2, 0) is 24.1 Å². The molecule has 0 bridgehead atoms. The number of carboxylic acid groups (broad SMARTS) is 1. The lowest BCUT2D eigenvalue weighted by molar-refractivity contribution is -0.136. The van der Waals surface area contributed by atoms with Crippen molar-refractivity contribution in [2.24, 2.45) is 0 Å². The van der Waals surface area contributed by atoms with E-state index in [1.54, 1.807) is 48.5 Å². The number of halogens is 2. The SMILES string of the molecule is CC(NC(=O)c1ccc2nc(-c3ccc(Cl)cc3)c(CCc3cccc(CC(=O)O)c3)nc2c1)c1ccc(F)cc1. The Morgan fingerprint density at radius 2 is 1.61 bits per heavy atom. The second-order valence-electron chi connectivity index (χ2n) is 9.87. The van der Waals surface area contributed by atoms with Crippen molar-refractivity contribution in [3.63, 3.8) is 0 Å². The minimum absolute atomic E-state index is 0.0374. The molecule has 1 heterocycles. The molecule has 1 unspecified atom stereocenters. The van der Waals surface area contributed by atoms with Gasteiger partial charge in [0.1, 0.15) is 5.82 Å². The fourth-order valence-corrected chi connectivity index (χ4v) is 4.82. The van der Waals surface area contributed by atoms with Crippen molar-refractivity contribution < 1.29 is 19.1 Å². The van der Waals surface area contributed by atoms with E-state index in [9.17, 15) is 14.0 Å². The van der Waals surface area contributed by atoms with Crippen LogP contribution in [0.2, 0.25) is 5.02 Å².